The molecule has 1 aliphatic rings. The summed E-state index contributed by atoms with van der Waals surface area (Å²) in [6.07, 6.45) is 2.89. The Kier molecular flexibility index (Phi) is 5.32. The molecule has 0 N–H and O–H groups in total. The smallest absolute Gasteiger partial charge is 0.257 e. The molecule has 1 amide bonds. The lowest BCUT2D eigenvalue weighted by atomic mass is 10.1. The highest BCUT2D eigenvalue weighted by Crippen LogP contribution is 2.28. The minimum Gasteiger partial charge on any atom is -0.378 e. The van der Waals surface area contributed by atoms with E-state index in [2.05, 4.69) is 15.1 Å². The third-order valence-electron chi connectivity index (χ3n) is 5.41. The number of ether oxygens (including phenoxy) is 1. The maximum absolute atomic E-state index is 14.7. The van der Waals surface area contributed by atoms with Crippen molar-refractivity contribution in [1.82, 2.24) is 24.6 Å². The molecule has 32 heavy (non-hydrogen) atoms. The Balaban J connectivity index is 1.51. The predicted octanol–water partition coefficient (Wildman–Crippen LogP) is 3.29. The van der Waals surface area contributed by atoms with Gasteiger partial charge in [-0.25, -0.2) is 18.7 Å². The largest absolute Gasteiger partial charge is 0.378 e. The average molecular weight is 435 g/mol. The molecule has 0 bridgehead atoms. The third-order valence-corrected chi connectivity index (χ3v) is 5.41. The quantitative estimate of drug-likeness (QED) is 0.492. The second kappa shape index (κ2) is 8.43. The first-order valence-electron chi connectivity index (χ1n) is 10.2. The number of carbonyl (C=O) groups is 1. The van der Waals surface area contributed by atoms with E-state index in [-0.39, 0.29) is 23.8 Å². The van der Waals surface area contributed by atoms with Gasteiger partial charge in [0.05, 0.1) is 25.3 Å². The maximum Gasteiger partial charge on any atom is 0.257 e. The van der Waals surface area contributed by atoms with Gasteiger partial charge in [-0.2, -0.15) is 5.10 Å². The van der Waals surface area contributed by atoms with Crippen molar-refractivity contribution in [3.8, 4) is 11.5 Å². The molecule has 162 valence electrons. The lowest BCUT2D eigenvalue weighted by Crippen LogP contribution is -2.40. The van der Waals surface area contributed by atoms with Crippen molar-refractivity contribution in [3.63, 3.8) is 0 Å². The van der Waals surface area contributed by atoms with Crippen molar-refractivity contribution < 1.29 is 18.3 Å². The van der Waals surface area contributed by atoms with Gasteiger partial charge in [-0.05, 0) is 12.1 Å². The Morgan fingerprint density at radius 3 is 2.44 bits per heavy atom. The van der Waals surface area contributed by atoms with E-state index >= 15 is 0 Å². The lowest BCUT2D eigenvalue weighted by molar-refractivity contribution is 0.0302. The molecule has 9 heteroatoms. The highest BCUT2D eigenvalue weighted by atomic mass is 19.1. The van der Waals surface area contributed by atoms with E-state index in [0.29, 0.717) is 48.5 Å². The van der Waals surface area contributed by atoms with Gasteiger partial charge in [-0.1, -0.05) is 30.3 Å². The fourth-order valence-electron chi connectivity index (χ4n) is 3.77. The van der Waals surface area contributed by atoms with Gasteiger partial charge in [0.25, 0.3) is 5.91 Å². The van der Waals surface area contributed by atoms with Crippen LogP contribution in [0.3, 0.4) is 0 Å². The molecular weight excluding hydrogens is 416 g/mol. The standard InChI is InChI=1S/C23H19F2N5O2/c24-18-6-2-1-4-15(18)14-30-21-17(5-3-7-19(21)25)20(28-30)22-26-12-16(13-27-22)23(31)29-8-10-32-11-9-29/h1-7,12-13H,8-11,14H2. The number of rotatable bonds is 4. The fraction of sp³-hybridized carbons (Fsp3) is 0.217. The van der Waals surface area contributed by atoms with Crippen LogP contribution in [-0.2, 0) is 11.3 Å². The van der Waals surface area contributed by atoms with Gasteiger partial charge in [-0.15, -0.1) is 0 Å². The van der Waals surface area contributed by atoms with Gasteiger partial charge < -0.3 is 9.64 Å². The summed E-state index contributed by atoms with van der Waals surface area (Å²) in [5.74, 6) is -0.778. The molecule has 0 aliphatic carbocycles. The molecule has 7 nitrogen and oxygen atoms in total. The number of carbonyl (C=O) groups excluding carboxylic acids is 1. The summed E-state index contributed by atoms with van der Waals surface area (Å²) in [4.78, 5) is 23.0. The average Bonchev–Trinajstić information content (AvgIpc) is 3.20. The predicted molar refractivity (Wildman–Crippen MR) is 113 cm³/mol. The molecule has 1 aliphatic heterocycles. The third kappa shape index (κ3) is 3.71. The van der Waals surface area contributed by atoms with Gasteiger partial charge in [-0.3, -0.25) is 9.48 Å². The zero-order valence-corrected chi connectivity index (χ0v) is 17.0. The zero-order valence-electron chi connectivity index (χ0n) is 17.0. The van der Waals surface area contributed by atoms with Crippen molar-refractivity contribution >= 4 is 16.8 Å². The van der Waals surface area contributed by atoms with Gasteiger partial charge in [0, 0.05) is 36.4 Å². The number of hydrogen-bond acceptors (Lipinski definition) is 5. The number of nitrogens with zero attached hydrogens (tertiary/aromatic N) is 5. The second-order valence-corrected chi connectivity index (χ2v) is 7.43. The number of fused-ring (bicyclic) bond motifs is 1. The van der Waals surface area contributed by atoms with Crippen LogP contribution in [0.4, 0.5) is 8.78 Å². The molecule has 0 unspecified atom stereocenters. The first-order chi connectivity index (χ1) is 15.6. The van der Waals surface area contributed by atoms with E-state index in [0.717, 1.165) is 0 Å². The number of hydrogen-bond donors (Lipinski definition) is 0. The lowest BCUT2D eigenvalue weighted by Gasteiger charge is -2.26. The Morgan fingerprint density at radius 1 is 0.969 bits per heavy atom. The molecule has 1 saturated heterocycles. The molecule has 4 aromatic rings. The number of halogens is 2. The molecule has 0 radical (unpaired) electrons. The maximum atomic E-state index is 14.7. The number of benzene rings is 2. The molecule has 1 fully saturated rings. The van der Waals surface area contributed by atoms with E-state index in [1.807, 2.05) is 0 Å². The van der Waals surface area contributed by atoms with Crippen LogP contribution in [0.15, 0.2) is 54.9 Å². The summed E-state index contributed by atoms with van der Waals surface area (Å²) in [5, 5.41) is 5.00. The molecule has 3 heterocycles. The minimum absolute atomic E-state index is 0.0533. The van der Waals surface area contributed by atoms with Crippen LogP contribution in [0.5, 0.6) is 0 Å². The van der Waals surface area contributed by atoms with Crippen molar-refractivity contribution in [3.05, 3.63) is 77.6 Å². The van der Waals surface area contributed by atoms with Crippen molar-refractivity contribution in [2.75, 3.05) is 26.3 Å². The van der Waals surface area contributed by atoms with Crippen LogP contribution in [0.25, 0.3) is 22.4 Å². The summed E-state index contributed by atoms with van der Waals surface area (Å²) in [5.41, 5.74) is 1.35. The van der Waals surface area contributed by atoms with Crippen molar-refractivity contribution in [1.29, 1.82) is 0 Å². The van der Waals surface area contributed by atoms with Crippen molar-refractivity contribution in [2.24, 2.45) is 0 Å². The number of para-hydroxylation sites is 1. The zero-order chi connectivity index (χ0) is 22.1. The van der Waals surface area contributed by atoms with Gasteiger partial charge in [0.2, 0.25) is 0 Å². The number of aromatic nitrogens is 4. The normalized spacial score (nSPS) is 14.1. The number of morpholine rings is 1. The molecular formula is C23H19F2N5O2. The topological polar surface area (TPSA) is 73.1 Å². The van der Waals surface area contributed by atoms with Crippen molar-refractivity contribution in [2.45, 2.75) is 6.54 Å². The Hall–Kier alpha value is -3.72. The monoisotopic (exact) mass is 435 g/mol. The Bertz CT molecular complexity index is 1280. The summed E-state index contributed by atoms with van der Waals surface area (Å²) in [6, 6.07) is 10.9. The van der Waals surface area contributed by atoms with Gasteiger partial charge in [0.1, 0.15) is 22.8 Å². The molecule has 0 atom stereocenters. The van der Waals surface area contributed by atoms with E-state index in [1.165, 1.54) is 29.2 Å². The van der Waals surface area contributed by atoms with Gasteiger partial charge in [0.15, 0.2) is 5.82 Å². The van der Waals surface area contributed by atoms with Crippen LogP contribution in [0.1, 0.15) is 15.9 Å². The minimum atomic E-state index is -0.475. The van der Waals surface area contributed by atoms with E-state index in [1.54, 1.807) is 35.2 Å². The molecule has 2 aromatic heterocycles. The summed E-state index contributed by atoms with van der Waals surface area (Å²) >= 11 is 0. The van der Waals surface area contributed by atoms with Crippen LogP contribution in [0, 0.1) is 11.6 Å². The molecule has 0 saturated carbocycles. The SMILES string of the molecule is O=C(c1cnc(-c2nn(Cc3ccccc3F)c3c(F)cccc23)nc1)N1CCOCC1. The van der Waals surface area contributed by atoms with E-state index in [4.69, 9.17) is 4.74 Å². The highest BCUT2D eigenvalue weighted by Gasteiger charge is 2.21. The molecule has 5 rings (SSSR count). The Labute approximate surface area is 182 Å². The second-order valence-electron chi connectivity index (χ2n) is 7.43. The summed E-state index contributed by atoms with van der Waals surface area (Å²) in [7, 11) is 0. The van der Waals surface area contributed by atoms with E-state index < -0.39 is 11.6 Å². The fourth-order valence-corrected chi connectivity index (χ4v) is 3.77. The van der Waals surface area contributed by atoms with Crippen LogP contribution in [-0.4, -0.2) is 56.9 Å². The van der Waals surface area contributed by atoms with E-state index in [9.17, 15) is 13.6 Å². The van der Waals surface area contributed by atoms with Crippen LogP contribution >= 0.6 is 0 Å². The summed E-state index contributed by atoms with van der Waals surface area (Å²) < 4.78 is 35.6. The van der Waals surface area contributed by atoms with Crippen LogP contribution < -0.4 is 0 Å². The molecule has 2 aromatic carbocycles. The number of amides is 1. The highest BCUT2D eigenvalue weighted by molar-refractivity contribution is 5.95. The van der Waals surface area contributed by atoms with Crippen LogP contribution in [0.2, 0.25) is 0 Å². The van der Waals surface area contributed by atoms with Gasteiger partial charge >= 0.3 is 0 Å². The first kappa shape index (κ1) is 20.2. The summed E-state index contributed by atoms with van der Waals surface area (Å²) in [6.45, 7) is 2.09. The molecule has 0 spiro atoms. The Morgan fingerprint density at radius 2 is 1.69 bits per heavy atom. The first-order valence-corrected chi connectivity index (χ1v) is 10.2.